The molecule has 2 rings (SSSR count). The summed E-state index contributed by atoms with van der Waals surface area (Å²) in [5, 5.41) is 0. The zero-order valence-corrected chi connectivity index (χ0v) is 19.3. The Labute approximate surface area is 191 Å². The Balaban J connectivity index is 2.29. The van der Waals surface area contributed by atoms with Gasteiger partial charge in [0.25, 0.3) is 11.5 Å². The summed E-state index contributed by atoms with van der Waals surface area (Å²) in [5.41, 5.74) is 4.70. The number of anilines is 2. The molecule has 0 fully saturated rings. The maximum atomic E-state index is 13.0. The van der Waals surface area contributed by atoms with Crippen molar-refractivity contribution in [2.24, 2.45) is 0 Å². The van der Waals surface area contributed by atoms with Crippen molar-refractivity contribution in [1.29, 1.82) is 0 Å². The SMILES string of the molecule is CCCCN(C(=O)COC(=O)c1ccc(OC)c(OC)c1)c1c(N)n(CCC)c(=O)[nH]c1=O. The van der Waals surface area contributed by atoms with Crippen LogP contribution in [0.25, 0.3) is 0 Å². The van der Waals surface area contributed by atoms with Gasteiger partial charge in [0, 0.05) is 13.1 Å². The number of amides is 1. The fourth-order valence-corrected chi connectivity index (χ4v) is 3.21. The summed E-state index contributed by atoms with van der Waals surface area (Å²) in [6.45, 7) is 3.59. The maximum absolute atomic E-state index is 13.0. The number of carbonyl (C=O) groups is 2. The van der Waals surface area contributed by atoms with Crippen molar-refractivity contribution in [3.05, 3.63) is 44.6 Å². The third-order valence-corrected chi connectivity index (χ3v) is 4.91. The Morgan fingerprint density at radius 1 is 1.09 bits per heavy atom. The van der Waals surface area contributed by atoms with Gasteiger partial charge in [0.2, 0.25) is 0 Å². The highest BCUT2D eigenvalue weighted by Crippen LogP contribution is 2.27. The number of nitrogens with one attached hydrogen (secondary N) is 1. The number of rotatable bonds is 11. The number of carbonyl (C=O) groups excluding carboxylic acids is 2. The van der Waals surface area contributed by atoms with E-state index in [1.54, 1.807) is 6.07 Å². The lowest BCUT2D eigenvalue weighted by Crippen LogP contribution is -2.43. The predicted molar refractivity (Wildman–Crippen MR) is 123 cm³/mol. The minimum absolute atomic E-state index is 0.110. The first-order valence-corrected chi connectivity index (χ1v) is 10.6. The third kappa shape index (κ3) is 5.93. The van der Waals surface area contributed by atoms with E-state index in [-0.39, 0.29) is 30.2 Å². The zero-order valence-electron chi connectivity index (χ0n) is 19.3. The molecule has 0 unspecified atom stereocenters. The normalized spacial score (nSPS) is 10.5. The average Bonchev–Trinajstić information content (AvgIpc) is 2.81. The van der Waals surface area contributed by atoms with E-state index in [0.717, 1.165) is 11.3 Å². The van der Waals surface area contributed by atoms with E-state index in [4.69, 9.17) is 19.9 Å². The summed E-state index contributed by atoms with van der Waals surface area (Å²) < 4.78 is 16.7. The monoisotopic (exact) mass is 462 g/mol. The van der Waals surface area contributed by atoms with Gasteiger partial charge in [0.05, 0.1) is 19.8 Å². The van der Waals surface area contributed by atoms with Crippen molar-refractivity contribution in [3.63, 3.8) is 0 Å². The number of ether oxygens (including phenoxy) is 3. The highest BCUT2D eigenvalue weighted by molar-refractivity contribution is 5.98. The van der Waals surface area contributed by atoms with Gasteiger partial charge in [-0.25, -0.2) is 9.59 Å². The van der Waals surface area contributed by atoms with Gasteiger partial charge < -0.3 is 24.8 Å². The number of hydrogen-bond donors (Lipinski definition) is 2. The van der Waals surface area contributed by atoms with Gasteiger partial charge in [0.1, 0.15) is 5.82 Å². The maximum Gasteiger partial charge on any atom is 0.338 e. The third-order valence-electron chi connectivity index (χ3n) is 4.91. The molecule has 0 atom stereocenters. The van der Waals surface area contributed by atoms with Crippen LogP contribution in [0.1, 0.15) is 43.5 Å². The Kier molecular flexibility index (Phi) is 9.08. The molecule has 3 N–H and O–H groups in total. The number of H-pyrrole nitrogens is 1. The van der Waals surface area contributed by atoms with Crippen molar-refractivity contribution in [2.45, 2.75) is 39.7 Å². The Morgan fingerprint density at radius 2 is 1.79 bits per heavy atom. The molecule has 0 aliphatic carbocycles. The van der Waals surface area contributed by atoms with Crippen molar-refractivity contribution >= 4 is 23.4 Å². The van der Waals surface area contributed by atoms with Crippen LogP contribution in [-0.4, -0.2) is 48.8 Å². The molecule has 1 amide bonds. The van der Waals surface area contributed by atoms with Crippen molar-refractivity contribution < 1.29 is 23.8 Å². The number of esters is 1. The molecule has 0 radical (unpaired) electrons. The lowest BCUT2D eigenvalue weighted by Gasteiger charge is -2.24. The first-order chi connectivity index (χ1) is 15.8. The quantitative estimate of drug-likeness (QED) is 0.478. The number of benzene rings is 1. The van der Waals surface area contributed by atoms with Crippen LogP contribution in [0.4, 0.5) is 11.5 Å². The number of nitrogen functional groups attached to an aromatic ring is 1. The molecule has 180 valence electrons. The van der Waals surface area contributed by atoms with E-state index >= 15 is 0 Å². The number of hydrogen-bond acceptors (Lipinski definition) is 8. The van der Waals surface area contributed by atoms with Crippen LogP contribution >= 0.6 is 0 Å². The van der Waals surface area contributed by atoms with Gasteiger partial charge in [-0.15, -0.1) is 0 Å². The molecule has 11 heteroatoms. The zero-order chi connectivity index (χ0) is 24.5. The minimum atomic E-state index is -0.777. The molecule has 1 aromatic carbocycles. The lowest BCUT2D eigenvalue weighted by molar-refractivity contribution is -0.121. The van der Waals surface area contributed by atoms with Gasteiger partial charge in [0.15, 0.2) is 23.8 Å². The van der Waals surface area contributed by atoms with Crippen LogP contribution in [0.2, 0.25) is 0 Å². The number of unbranched alkanes of at least 4 members (excludes halogenated alkanes) is 1. The number of nitrogens with two attached hydrogens (primary N) is 1. The topological polar surface area (TPSA) is 146 Å². The minimum Gasteiger partial charge on any atom is -0.493 e. The van der Waals surface area contributed by atoms with Gasteiger partial charge in [-0.1, -0.05) is 20.3 Å². The van der Waals surface area contributed by atoms with E-state index in [2.05, 4.69) is 4.98 Å². The van der Waals surface area contributed by atoms with E-state index in [1.165, 1.54) is 30.9 Å². The van der Waals surface area contributed by atoms with Crippen LogP contribution < -0.4 is 31.4 Å². The second-order valence-electron chi connectivity index (χ2n) is 7.19. The molecule has 11 nitrogen and oxygen atoms in total. The molecule has 0 aliphatic rings. The molecule has 0 aliphatic heterocycles. The summed E-state index contributed by atoms with van der Waals surface area (Å²) in [7, 11) is 2.90. The van der Waals surface area contributed by atoms with Crippen molar-refractivity contribution in [2.75, 3.05) is 38.0 Å². The summed E-state index contributed by atoms with van der Waals surface area (Å²) in [4.78, 5) is 53.5. The highest BCUT2D eigenvalue weighted by atomic mass is 16.5. The summed E-state index contributed by atoms with van der Waals surface area (Å²) in [5.74, 6) is -0.733. The second-order valence-corrected chi connectivity index (χ2v) is 7.19. The van der Waals surface area contributed by atoms with Gasteiger partial charge in [-0.2, -0.15) is 0 Å². The average molecular weight is 463 g/mol. The molecule has 0 saturated carbocycles. The second kappa shape index (κ2) is 11.7. The molecule has 1 aromatic heterocycles. The van der Waals surface area contributed by atoms with E-state index in [1.807, 2.05) is 13.8 Å². The summed E-state index contributed by atoms with van der Waals surface area (Å²) >= 11 is 0. The van der Waals surface area contributed by atoms with Gasteiger partial charge in [-0.05, 0) is 31.0 Å². The van der Waals surface area contributed by atoms with E-state index < -0.39 is 29.7 Å². The smallest absolute Gasteiger partial charge is 0.338 e. The molecular formula is C22H30N4O7. The van der Waals surface area contributed by atoms with Crippen LogP contribution in [0.15, 0.2) is 27.8 Å². The summed E-state index contributed by atoms with van der Waals surface area (Å²) in [6.07, 6.45) is 1.91. The molecule has 0 saturated heterocycles. The lowest BCUT2D eigenvalue weighted by atomic mass is 10.2. The molecule has 33 heavy (non-hydrogen) atoms. The first-order valence-electron chi connectivity index (χ1n) is 10.6. The van der Waals surface area contributed by atoms with Crippen LogP contribution in [0.3, 0.4) is 0 Å². The van der Waals surface area contributed by atoms with Crippen LogP contribution in [0.5, 0.6) is 11.5 Å². The largest absolute Gasteiger partial charge is 0.493 e. The Bertz CT molecular complexity index is 1110. The molecular weight excluding hydrogens is 432 g/mol. The standard InChI is InChI=1S/C22H30N4O7/c1-5-7-11-25(18-19(23)26(10-6-2)22(30)24-20(18)28)17(27)13-33-21(29)14-8-9-15(31-3)16(12-14)32-4/h8-9,12H,5-7,10-11,13,23H2,1-4H3,(H,24,28,30). The highest BCUT2D eigenvalue weighted by Gasteiger charge is 2.25. The number of methoxy groups -OCH3 is 2. The number of aromatic nitrogens is 2. The fraction of sp³-hybridized carbons (Fsp3) is 0.455. The van der Waals surface area contributed by atoms with Gasteiger partial charge in [-0.3, -0.25) is 19.1 Å². The Hall–Kier alpha value is -3.76. The molecule has 0 spiro atoms. The first kappa shape index (κ1) is 25.5. The van der Waals surface area contributed by atoms with Crippen molar-refractivity contribution in [3.8, 4) is 11.5 Å². The predicted octanol–water partition coefficient (Wildman–Crippen LogP) is 1.54. The van der Waals surface area contributed by atoms with Crippen LogP contribution in [-0.2, 0) is 16.1 Å². The molecule has 0 bridgehead atoms. The number of aromatic amines is 1. The van der Waals surface area contributed by atoms with E-state index in [0.29, 0.717) is 24.3 Å². The van der Waals surface area contributed by atoms with Crippen LogP contribution in [0, 0.1) is 0 Å². The summed E-state index contributed by atoms with van der Waals surface area (Å²) in [6, 6.07) is 4.46. The Morgan fingerprint density at radius 3 is 2.39 bits per heavy atom. The van der Waals surface area contributed by atoms with E-state index in [9.17, 15) is 19.2 Å². The van der Waals surface area contributed by atoms with Gasteiger partial charge >= 0.3 is 11.7 Å². The van der Waals surface area contributed by atoms with Crippen molar-refractivity contribution in [1.82, 2.24) is 9.55 Å². The number of nitrogens with zero attached hydrogens (tertiary/aromatic N) is 2. The molecule has 2 aromatic rings. The molecule has 1 heterocycles. The fourth-order valence-electron chi connectivity index (χ4n) is 3.21.